The SMILES string of the molecule is C[C@H]1CCc2c(ccc(-c3cnn(C4CC4)c3)c2Oc2ncc(C(F)(F)F)cn2)N1C(=O)O. The van der Waals surface area contributed by atoms with E-state index in [1.807, 2.05) is 17.8 Å². The van der Waals surface area contributed by atoms with Gasteiger partial charge in [-0.05, 0) is 44.7 Å². The maximum absolute atomic E-state index is 12.9. The molecule has 33 heavy (non-hydrogen) atoms. The fourth-order valence-electron chi connectivity index (χ4n) is 4.06. The molecular weight excluding hydrogens is 439 g/mol. The number of carbonyl (C=O) groups is 1. The molecule has 1 aromatic carbocycles. The van der Waals surface area contributed by atoms with Crippen molar-refractivity contribution in [2.75, 3.05) is 4.90 Å². The van der Waals surface area contributed by atoms with Gasteiger partial charge in [0.25, 0.3) is 0 Å². The normalized spacial score (nSPS) is 18.2. The number of rotatable bonds is 4. The Morgan fingerprint density at radius 1 is 1.15 bits per heavy atom. The second-order valence-corrected chi connectivity index (χ2v) is 8.27. The number of fused-ring (bicyclic) bond motifs is 1. The highest BCUT2D eigenvalue weighted by molar-refractivity contribution is 5.91. The second-order valence-electron chi connectivity index (χ2n) is 8.27. The molecule has 5 rings (SSSR count). The Labute approximate surface area is 186 Å². The molecule has 1 fully saturated rings. The fraction of sp³-hybridized carbons (Fsp3) is 0.364. The maximum atomic E-state index is 12.9. The van der Waals surface area contributed by atoms with Crippen LogP contribution in [-0.4, -0.2) is 37.0 Å². The molecule has 1 aliphatic heterocycles. The van der Waals surface area contributed by atoms with Gasteiger partial charge in [-0.15, -0.1) is 0 Å². The van der Waals surface area contributed by atoms with Crippen LogP contribution < -0.4 is 9.64 Å². The molecule has 8 nitrogen and oxygen atoms in total. The van der Waals surface area contributed by atoms with Crippen molar-refractivity contribution in [1.29, 1.82) is 0 Å². The number of alkyl halides is 3. The van der Waals surface area contributed by atoms with Gasteiger partial charge >= 0.3 is 18.3 Å². The van der Waals surface area contributed by atoms with Crippen LogP contribution in [0.15, 0.2) is 36.9 Å². The Balaban J connectivity index is 1.60. The van der Waals surface area contributed by atoms with Crippen LogP contribution in [0.2, 0.25) is 0 Å². The summed E-state index contributed by atoms with van der Waals surface area (Å²) in [6, 6.07) is 3.34. The van der Waals surface area contributed by atoms with Gasteiger partial charge in [-0.1, -0.05) is 0 Å². The third-order valence-corrected chi connectivity index (χ3v) is 5.94. The average Bonchev–Trinajstić information content (AvgIpc) is 3.50. The topological polar surface area (TPSA) is 93.4 Å². The van der Waals surface area contributed by atoms with Gasteiger partial charge < -0.3 is 9.84 Å². The van der Waals surface area contributed by atoms with Crippen LogP contribution in [0.5, 0.6) is 11.8 Å². The first-order valence-electron chi connectivity index (χ1n) is 10.5. The lowest BCUT2D eigenvalue weighted by Crippen LogP contribution is -2.41. The van der Waals surface area contributed by atoms with Crippen molar-refractivity contribution in [2.45, 2.75) is 50.9 Å². The Hall–Kier alpha value is -3.63. The number of hydrogen-bond donors (Lipinski definition) is 1. The van der Waals surface area contributed by atoms with Gasteiger partial charge in [0.15, 0.2) is 0 Å². The van der Waals surface area contributed by atoms with E-state index in [0.717, 1.165) is 18.4 Å². The molecule has 0 radical (unpaired) electrons. The van der Waals surface area contributed by atoms with Gasteiger partial charge in [0.05, 0.1) is 23.5 Å². The van der Waals surface area contributed by atoms with Crippen molar-refractivity contribution < 1.29 is 27.8 Å². The van der Waals surface area contributed by atoms with Crippen LogP contribution in [0.4, 0.5) is 23.7 Å². The summed E-state index contributed by atoms with van der Waals surface area (Å²) in [7, 11) is 0. The van der Waals surface area contributed by atoms with Gasteiger partial charge in [0.1, 0.15) is 5.75 Å². The van der Waals surface area contributed by atoms with E-state index >= 15 is 0 Å². The van der Waals surface area contributed by atoms with E-state index in [1.54, 1.807) is 18.3 Å². The molecule has 1 saturated carbocycles. The summed E-state index contributed by atoms with van der Waals surface area (Å²) in [5.74, 6) is 0.320. The van der Waals surface area contributed by atoms with E-state index in [-0.39, 0.29) is 12.1 Å². The van der Waals surface area contributed by atoms with E-state index in [0.29, 0.717) is 53.8 Å². The van der Waals surface area contributed by atoms with Crippen LogP contribution in [0.25, 0.3) is 11.1 Å². The molecular formula is C22H20F3N5O3. The Kier molecular flexibility index (Phi) is 4.98. The lowest BCUT2D eigenvalue weighted by Gasteiger charge is -2.34. The molecule has 1 aliphatic carbocycles. The van der Waals surface area contributed by atoms with Gasteiger partial charge in [-0.3, -0.25) is 9.58 Å². The lowest BCUT2D eigenvalue weighted by atomic mass is 9.92. The number of nitrogens with zero attached hydrogens (tertiary/aromatic N) is 5. The molecule has 3 aromatic rings. The standard InChI is InChI=1S/C22H20F3N5O3/c1-12-2-5-17-18(30(12)21(31)32)7-6-16(13-8-28-29(11-13)15-3-4-15)19(17)33-20-26-9-14(10-27-20)22(23,24)25/h6-12,15H,2-5H2,1H3,(H,31,32)/t12-/m0/s1. The van der Waals surface area contributed by atoms with Crippen LogP contribution in [0.1, 0.15) is 43.4 Å². The molecule has 1 amide bonds. The Morgan fingerprint density at radius 2 is 1.88 bits per heavy atom. The van der Waals surface area contributed by atoms with Crippen LogP contribution >= 0.6 is 0 Å². The molecule has 0 saturated heterocycles. The Bertz CT molecular complexity index is 1200. The molecule has 11 heteroatoms. The third kappa shape index (κ3) is 3.98. The van der Waals surface area contributed by atoms with Crippen molar-refractivity contribution in [3.8, 4) is 22.9 Å². The molecule has 2 aromatic heterocycles. The Morgan fingerprint density at radius 3 is 2.52 bits per heavy atom. The zero-order valence-corrected chi connectivity index (χ0v) is 17.6. The summed E-state index contributed by atoms with van der Waals surface area (Å²) < 4.78 is 46.5. The molecule has 0 spiro atoms. The highest BCUT2D eigenvalue weighted by Gasteiger charge is 2.34. The molecule has 1 atom stereocenters. The van der Waals surface area contributed by atoms with Crippen molar-refractivity contribution in [1.82, 2.24) is 19.7 Å². The highest BCUT2D eigenvalue weighted by atomic mass is 19.4. The van der Waals surface area contributed by atoms with E-state index in [4.69, 9.17) is 4.74 Å². The van der Waals surface area contributed by atoms with E-state index in [2.05, 4.69) is 15.1 Å². The number of carboxylic acid groups (broad SMARTS) is 1. The quantitative estimate of drug-likeness (QED) is 0.569. The minimum Gasteiger partial charge on any atom is -0.465 e. The van der Waals surface area contributed by atoms with Crippen molar-refractivity contribution in [2.24, 2.45) is 0 Å². The molecule has 2 aliphatic rings. The molecule has 3 heterocycles. The minimum absolute atomic E-state index is 0.228. The summed E-state index contributed by atoms with van der Waals surface area (Å²) in [4.78, 5) is 20.6. The van der Waals surface area contributed by atoms with E-state index in [9.17, 15) is 23.1 Å². The summed E-state index contributed by atoms with van der Waals surface area (Å²) in [6.07, 6.45) is 2.46. The molecule has 0 bridgehead atoms. The van der Waals surface area contributed by atoms with Crippen LogP contribution in [-0.2, 0) is 12.6 Å². The van der Waals surface area contributed by atoms with Gasteiger partial charge in [0.2, 0.25) is 0 Å². The fourth-order valence-corrected chi connectivity index (χ4v) is 4.06. The zero-order valence-electron chi connectivity index (χ0n) is 17.6. The first-order valence-corrected chi connectivity index (χ1v) is 10.5. The highest BCUT2D eigenvalue weighted by Crippen LogP contribution is 2.45. The average molecular weight is 459 g/mol. The number of benzene rings is 1. The number of ether oxygens (including phenoxy) is 1. The largest absolute Gasteiger partial charge is 0.465 e. The van der Waals surface area contributed by atoms with E-state index < -0.39 is 17.8 Å². The van der Waals surface area contributed by atoms with Gasteiger partial charge in [-0.2, -0.15) is 18.3 Å². The van der Waals surface area contributed by atoms with Crippen LogP contribution in [0.3, 0.4) is 0 Å². The summed E-state index contributed by atoms with van der Waals surface area (Å²) in [5.41, 5.74) is 1.52. The molecule has 1 N–H and O–H groups in total. The number of aromatic nitrogens is 4. The summed E-state index contributed by atoms with van der Waals surface area (Å²) >= 11 is 0. The second kappa shape index (κ2) is 7.75. The zero-order chi connectivity index (χ0) is 23.3. The number of amides is 1. The third-order valence-electron chi connectivity index (χ3n) is 5.94. The van der Waals surface area contributed by atoms with Gasteiger partial charge in [-0.25, -0.2) is 14.8 Å². The number of halogens is 3. The predicted molar refractivity (Wildman–Crippen MR) is 111 cm³/mol. The van der Waals surface area contributed by atoms with E-state index in [1.165, 1.54) is 4.90 Å². The first kappa shape index (κ1) is 21.2. The molecule has 0 unspecified atom stereocenters. The minimum atomic E-state index is -4.56. The molecule has 172 valence electrons. The van der Waals surface area contributed by atoms with Crippen LogP contribution in [0, 0.1) is 0 Å². The monoisotopic (exact) mass is 459 g/mol. The van der Waals surface area contributed by atoms with Crippen molar-refractivity contribution in [3.63, 3.8) is 0 Å². The summed E-state index contributed by atoms with van der Waals surface area (Å²) in [6.45, 7) is 1.82. The predicted octanol–water partition coefficient (Wildman–Crippen LogP) is 5.31. The summed E-state index contributed by atoms with van der Waals surface area (Å²) in [5, 5.41) is 14.2. The maximum Gasteiger partial charge on any atom is 0.419 e. The van der Waals surface area contributed by atoms with Crippen molar-refractivity contribution in [3.05, 3.63) is 48.0 Å². The van der Waals surface area contributed by atoms with Gasteiger partial charge in [0, 0.05) is 41.3 Å². The van der Waals surface area contributed by atoms with Crippen molar-refractivity contribution >= 4 is 11.8 Å². The first-order chi connectivity index (χ1) is 15.7. The number of anilines is 1. The smallest absolute Gasteiger partial charge is 0.419 e. The number of hydrogen-bond acceptors (Lipinski definition) is 5. The lowest BCUT2D eigenvalue weighted by molar-refractivity contribution is -0.138.